The van der Waals surface area contributed by atoms with Crippen LogP contribution in [-0.2, 0) is 4.79 Å². The van der Waals surface area contributed by atoms with Gasteiger partial charge in [0, 0.05) is 5.56 Å². The Kier molecular flexibility index (Phi) is 4.62. The molecule has 0 saturated carbocycles. The number of carbonyl (C=O) groups is 2. The van der Waals surface area contributed by atoms with E-state index in [4.69, 9.17) is 11.5 Å². The van der Waals surface area contributed by atoms with Crippen LogP contribution in [0.3, 0.4) is 0 Å². The number of hydrogen-bond acceptors (Lipinski definition) is 3. The first-order valence-electron chi connectivity index (χ1n) is 5.16. The molecule has 0 heterocycles. The van der Waals surface area contributed by atoms with Gasteiger partial charge in [-0.3, -0.25) is 9.59 Å². The molecule has 5 N–H and O–H groups in total. The number of benzene rings is 1. The monoisotopic (exact) mass is 246 g/mol. The first kappa shape index (κ1) is 13.4. The van der Waals surface area contributed by atoms with Crippen LogP contribution in [0.5, 0.6) is 0 Å². The zero-order chi connectivity index (χ0) is 13.5. The fourth-order valence-corrected chi connectivity index (χ4v) is 1.18. The quantitative estimate of drug-likeness (QED) is 0.388. The largest absolute Gasteiger partial charge is 0.370 e. The van der Waals surface area contributed by atoms with Gasteiger partial charge >= 0.3 is 0 Å². The highest BCUT2D eigenvalue weighted by Gasteiger charge is 2.06. The second-order valence-electron chi connectivity index (χ2n) is 3.44. The van der Waals surface area contributed by atoms with Crippen LogP contribution in [0, 0.1) is 0 Å². The van der Waals surface area contributed by atoms with Crippen LogP contribution in [0.1, 0.15) is 10.4 Å². The van der Waals surface area contributed by atoms with Gasteiger partial charge in [-0.05, 0) is 30.3 Å². The van der Waals surface area contributed by atoms with Gasteiger partial charge in [0.15, 0.2) is 11.7 Å². The van der Waals surface area contributed by atoms with E-state index in [0.29, 0.717) is 11.3 Å². The average molecular weight is 246 g/mol. The summed E-state index contributed by atoms with van der Waals surface area (Å²) in [7, 11) is 0. The van der Waals surface area contributed by atoms with E-state index in [-0.39, 0.29) is 24.2 Å². The summed E-state index contributed by atoms with van der Waals surface area (Å²) in [5.41, 5.74) is 11.4. The molecule has 0 unspecified atom stereocenters. The smallest absolute Gasteiger partial charge is 0.251 e. The molecular formula is C12H14N4O2. The number of nitrogens with two attached hydrogens (primary N) is 2. The summed E-state index contributed by atoms with van der Waals surface area (Å²) >= 11 is 0. The van der Waals surface area contributed by atoms with Crippen molar-refractivity contribution in [2.24, 2.45) is 16.5 Å². The van der Waals surface area contributed by atoms with E-state index in [1.165, 1.54) is 0 Å². The molecule has 0 aliphatic heterocycles. The number of nitrogens with one attached hydrogen (secondary N) is 1. The summed E-state index contributed by atoms with van der Waals surface area (Å²) in [6, 6.07) is 6.33. The minimum atomic E-state index is -0.346. The Balaban J connectivity index is 2.67. The van der Waals surface area contributed by atoms with Gasteiger partial charge in [0.1, 0.15) is 0 Å². The van der Waals surface area contributed by atoms with Crippen molar-refractivity contribution in [2.75, 3.05) is 6.54 Å². The molecule has 1 rings (SSSR count). The Hall–Kier alpha value is -2.63. The summed E-state index contributed by atoms with van der Waals surface area (Å²) < 4.78 is 0. The molecule has 0 atom stereocenters. The maximum Gasteiger partial charge on any atom is 0.251 e. The number of guanidine groups is 1. The third-order valence-corrected chi connectivity index (χ3v) is 2.04. The number of carbonyl (C=O) groups excluding carboxylic acids is 2. The molecule has 1 aromatic carbocycles. The van der Waals surface area contributed by atoms with E-state index in [1.54, 1.807) is 24.3 Å². The number of ketones is 1. The normalized spacial score (nSPS) is 9.33. The van der Waals surface area contributed by atoms with E-state index in [9.17, 15) is 9.59 Å². The van der Waals surface area contributed by atoms with E-state index in [0.717, 1.165) is 6.08 Å². The van der Waals surface area contributed by atoms with E-state index in [1.807, 2.05) is 0 Å². The van der Waals surface area contributed by atoms with Crippen LogP contribution >= 0.6 is 0 Å². The van der Waals surface area contributed by atoms with E-state index >= 15 is 0 Å². The lowest BCUT2D eigenvalue weighted by molar-refractivity contribution is -0.113. The summed E-state index contributed by atoms with van der Waals surface area (Å²) in [6.45, 7) is 3.24. The minimum Gasteiger partial charge on any atom is -0.370 e. The molecule has 94 valence electrons. The molecule has 1 amide bonds. The summed E-state index contributed by atoms with van der Waals surface area (Å²) in [4.78, 5) is 26.4. The lowest BCUT2D eigenvalue weighted by atomic mass is 10.2. The molecule has 1 aromatic rings. The maximum absolute atomic E-state index is 11.6. The van der Waals surface area contributed by atoms with Crippen LogP contribution in [0.15, 0.2) is 41.9 Å². The Morgan fingerprint density at radius 1 is 1.28 bits per heavy atom. The zero-order valence-electron chi connectivity index (χ0n) is 9.72. The summed E-state index contributed by atoms with van der Waals surface area (Å²) in [5, 5.41) is 2.46. The van der Waals surface area contributed by atoms with Gasteiger partial charge in [-0.2, -0.15) is 0 Å². The highest BCUT2D eigenvalue weighted by Crippen LogP contribution is 2.12. The van der Waals surface area contributed by atoms with E-state index in [2.05, 4.69) is 16.9 Å². The van der Waals surface area contributed by atoms with Crippen molar-refractivity contribution in [1.82, 2.24) is 5.32 Å². The van der Waals surface area contributed by atoms with Crippen LogP contribution in [0.25, 0.3) is 0 Å². The molecular weight excluding hydrogens is 232 g/mol. The molecule has 0 spiro atoms. The fourth-order valence-electron chi connectivity index (χ4n) is 1.18. The van der Waals surface area contributed by atoms with Gasteiger partial charge in [-0.1, -0.05) is 6.58 Å². The van der Waals surface area contributed by atoms with Gasteiger partial charge in [-0.15, -0.1) is 0 Å². The van der Waals surface area contributed by atoms with Crippen molar-refractivity contribution in [3.63, 3.8) is 0 Å². The molecule has 0 aliphatic rings. The number of aliphatic imine (C=N–C) groups is 1. The van der Waals surface area contributed by atoms with Crippen LogP contribution in [0.4, 0.5) is 5.69 Å². The third-order valence-electron chi connectivity index (χ3n) is 2.04. The molecule has 18 heavy (non-hydrogen) atoms. The molecule has 0 bridgehead atoms. The number of amides is 1. The zero-order valence-corrected chi connectivity index (χ0v) is 9.72. The Labute approximate surface area is 104 Å². The fraction of sp³-hybridized carbons (Fsp3) is 0.0833. The SMILES string of the molecule is C=CC(=O)CNC(=O)c1ccc(N=C(N)N)cc1. The predicted octanol–water partition coefficient (Wildman–Crippen LogP) is 0.0764. The first-order chi connectivity index (χ1) is 8.52. The molecule has 0 saturated heterocycles. The molecule has 0 fully saturated rings. The number of hydrogen-bond donors (Lipinski definition) is 3. The summed E-state index contributed by atoms with van der Waals surface area (Å²) in [5.74, 6) is -0.647. The van der Waals surface area contributed by atoms with Gasteiger partial charge in [0.2, 0.25) is 0 Å². The Bertz CT molecular complexity index is 487. The molecule has 0 aromatic heterocycles. The van der Waals surface area contributed by atoms with Crippen molar-refractivity contribution in [2.45, 2.75) is 0 Å². The van der Waals surface area contributed by atoms with Crippen molar-refractivity contribution >= 4 is 23.3 Å². The number of nitrogens with zero attached hydrogens (tertiary/aromatic N) is 1. The molecule has 0 aliphatic carbocycles. The van der Waals surface area contributed by atoms with Gasteiger partial charge in [-0.25, -0.2) is 4.99 Å². The van der Waals surface area contributed by atoms with Gasteiger partial charge in [0.05, 0.1) is 12.2 Å². The summed E-state index contributed by atoms with van der Waals surface area (Å²) in [6.07, 6.45) is 1.15. The standard InChI is InChI=1S/C12H14N4O2/c1-2-10(17)7-15-11(18)8-3-5-9(6-4-8)16-12(13)14/h2-6H,1,7H2,(H,15,18)(H4,13,14,16). The van der Waals surface area contributed by atoms with Crippen LogP contribution in [0.2, 0.25) is 0 Å². The highest BCUT2D eigenvalue weighted by molar-refractivity contribution is 5.99. The topological polar surface area (TPSA) is 111 Å². The third kappa shape index (κ3) is 4.09. The first-order valence-corrected chi connectivity index (χ1v) is 5.16. The maximum atomic E-state index is 11.6. The molecule has 6 heteroatoms. The highest BCUT2D eigenvalue weighted by atomic mass is 16.2. The van der Waals surface area contributed by atoms with Crippen molar-refractivity contribution in [1.29, 1.82) is 0 Å². The lowest BCUT2D eigenvalue weighted by Crippen LogP contribution is -2.28. The predicted molar refractivity (Wildman–Crippen MR) is 69.4 cm³/mol. The Morgan fingerprint density at radius 3 is 2.39 bits per heavy atom. The minimum absolute atomic E-state index is 0.0521. The van der Waals surface area contributed by atoms with Gasteiger partial charge in [0.25, 0.3) is 5.91 Å². The Morgan fingerprint density at radius 2 is 1.89 bits per heavy atom. The number of rotatable bonds is 5. The van der Waals surface area contributed by atoms with Crippen molar-refractivity contribution in [3.05, 3.63) is 42.5 Å². The second-order valence-corrected chi connectivity index (χ2v) is 3.44. The van der Waals surface area contributed by atoms with Crippen LogP contribution < -0.4 is 16.8 Å². The molecule has 6 nitrogen and oxygen atoms in total. The molecule has 0 radical (unpaired) electrons. The van der Waals surface area contributed by atoms with Gasteiger partial charge < -0.3 is 16.8 Å². The van der Waals surface area contributed by atoms with E-state index < -0.39 is 0 Å². The van der Waals surface area contributed by atoms with Crippen molar-refractivity contribution < 1.29 is 9.59 Å². The van der Waals surface area contributed by atoms with Crippen LogP contribution in [-0.4, -0.2) is 24.2 Å². The lowest BCUT2D eigenvalue weighted by Gasteiger charge is -2.03. The average Bonchev–Trinajstić information content (AvgIpc) is 2.35. The second kappa shape index (κ2) is 6.19. The van der Waals surface area contributed by atoms with Crippen molar-refractivity contribution in [3.8, 4) is 0 Å².